The highest BCUT2D eigenvalue weighted by molar-refractivity contribution is 5.92. The Morgan fingerprint density at radius 3 is 2.30 bits per heavy atom. The third-order valence-corrected chi connectivity index (χ3v) is 3.73. The molecule has 0 unspecified atom stereocenters. The summed E-state index contributed by atoms with van der Waals surface area (Å²) in [5, 5.41) is 12.0. The molecule has 0 spiro atoms. The van der Waals surface area contributed by atoms with Gasteiger partial charge in [-0.2, -0.15) is 0 Å². The molecule has 2 aromatic carbocycles. The van der Waals surface area contributed by atoms with Crippen molar-refractivity contribution in [1.29, 1.82) is 0 Å². The lowest BCUT2D eigenvalue weighted by atomic mass is 10.0. The number of aromatic carboxylic acids is 1. The fourth-order valence-electron chi connectivity index (χ4n) is 2.37. The predicted molar refractivity (Wildman–Crippen MR) is 90.9 cm³/mol. The molecule has 2 N–H and O–H groups in total. The number of benzene rings is 2. The second-order valence-electron chi connectivity index (χ2n) is 5.79. The topological polar surface area (TPSA) is 66.4 Å². The van der Waals surface area contributed by atoms with Gasteiger partial charge in [-0.1, -0.05) is 44.2 Å². The molecule has 0 heterocycles. The Labute approximate surface area is 136 Å². The molecule has 4 nitrogen and oxygen atoms in total. The molecule has 2 rings (SSSR count). The summed E-state index contributed by atoms with van der Waals surface area (Å²) in [6, 6.07) is 14.5. The van der Waals surface area contributed by atoms with E-state index < -0.39 is 5.97 Å². The van der Waals surface area contributed by atoms with Crippen LogP contribution >= 0.6 is 0 Å². The average Bonchev–Trinajstić information content (AvgIpc) is 2.53. The van der Waals surface area contributed by atoms with Crippen LogP contribution in [-0.2, 0) is 11.2 Å². The van der Waals surface area contributed by atoms with E-state index >= 15 is 0 Å². The lowest BCUT2D eigenvalue weighted by molar-refractivity contribution is -0.116. The number of amides is 1. The zero-order valence-electron chi connectivity index (χ0n) is 13.4. The fraction of sp³-hybridized carbons (Fsp3) is 0.263. The van der Waals surface area contributed by atoms with Crippen LogP contribution in [0.1, 0.15) is 47.7 Å². The number of carboxylic acids is 1. The summed E-state index contributed by atoms with van der Waals surface area (Å²) >= 11 is 0. The third-order valence-electron chi connectivity index (χ3n) is 3.73. The van der Waals surface area contributed by atoms with Crippen LogP contribution in [0, 0.1) is 0 Å². The number of nitrogens with one attached hydrogen (secondary N) is 1. The maximum absolute atomic E-state index is 12.0. The molecule has 120 valence electrons. The third kappa shape index (κ3) is 4.68. The van der Waals surface area contributed by atoms with Gasteiger partial charge in [0.25, 0.3) is 0 Å². The number of carboxylic acid groups (broad SMARTS) is 1. The van der Waals surface area contributed by atoms with Gasteiger partial charge in [-0.3, -0.25) is 4.79 Å². The first-order chi connectivity index (χ1) is 11.0. The van der Waals surface area contributed by atoms with E-state index in [1.807, 2.05) is 24.3 Å². The molecular formula is C19H21NO3. The van der Waals surface area contributed by atoms with Crippen molar-refractivity contribution < 1.29 is 14.7 Å². The van der Waals surface area contributed by atoms with Crippen molar-refractivity contribution in [2.24, 2.45) is 0 Å². The van der Waals surface area contributed by atoms with Crippen molar-refractivity contribution in [1.82, 2.24) is 0 Å². The van der Waals surface area contributed by atoms with Crippen molar-refractivity contribution in [3.63, 3.8) is 0 Å². The van der Waals surface area contributed by atoms with Crippen LogP contribution in [0.25, 0.3) is 0 Å². The molecule has 2 aromatic rings. The van der Waals surface area contributed by atoms with Gasteiger partial charge in [0, 0.05) is 12.1 Å². The van der Waals surface area contributed by atoms with Crippen molar-refractivity contribution in [2.45, 2.75) is 32.6 Å². The fourth-order valence-corrected chi connectivity index (χ4v) is 2.37. The molecule has 0 bridgehead atoms. The van der Waals surface area contributed by atoms with Crippen LogP contribution in [0.5, 0.6) is 0 Å². The summed E-state index contributed by atoms with van der Waals surface area (Å²) in [7, 11) is 0. The summed E-state index contributed by atoms with van der Waals surface area (Å²) in [5.41, 5.74) is 2.90. The molecule has 0 aliphatic carbocycles. The first-order valence-corrected chi connectivity index (χ1v) is 7.68. The molecule has 23 heavy (non-hydrogen) atoms. The highest BCUT2D eigenvalue weighted by Crippen LogP contribution is 2.17. The van der Waals surface area contributed by atoms with Crippen LogP contribution in [0.4, 0.5) is 5.69 Å². The molecule has 0 aliphatic heterocycles. The highest BCUT2D eigenvalue weighted by Gasteiger charge is 2.11. The Morgan fingerprint density at radius 2 is 1.70 bits per heavy atom. The molecule has 0 atom stereocenters. The Kier molecular flexibility index (Phi) is 5.52. The standard InChI is InChI=1S/C19H21NO3/c1-13(2)14-7-10-16(11-8-14)20-18(21)12-9-15-5-3-4-6-17(15)19(22)23/h3-8,10-11,13H,9,12H2,1-2H3,(H,20,21)(H,22,23). The summed E-state index contributed by atoms with van der Waals surface area (Å²) in [6.07, 6.45) is 0.647. The summed E-state index contributed by atoms with van der Waals surface area (Å²) in [6.45, 7) is 4.24. The number of anilines is 1. The molecular weight excluding hydrogens is 290 g/mol. The first-order valence-electron chi connectivity index (χ1n) is 7.68. The smallest absolute Gasteiger partial charge is 0.335 e. The number of hydrogen-bond donors (Lipinski definition) is 2. The van der Waals surface area contributed by atoms with Crippen LogP contribution in [0.3, 0.4) is 0 Å². The number of aryl methyl sites for hydroxylation is 1. The van der Waals surface area contributed by atoms with Crippen molar-refractivity contribution in [2.75, 3.05) is 5.32 Å². The minimum atomic E-state index is -0.967. The Balaban J connectivity index is 1.94. The van der Waals surface area contributed by atoms with Gasteiger partial charge in [-0.05, 0) is 41.7 Å². The van der Waals surface area contributed by atoms with E-state index in [9.17, 15) is 9.59 Å². The molecule has 4 heteroatoms. The van der Waals surface area contributed by atoms with Crippen LogP contribution in [0.2, 0.25) is 0 Å². The first kappa shape index (κ1) is 16.7. The van der Waals surface area contributed by atoms with Gasteiger partial charge in [0.15, 0.2) is 0 Å². The SMILES string of the molecule is CC(C)c1ccc(NC(=O)CCc2ccccc2C(=O)O)cc1. The summed E-state index contributed by atoms with van der Waals surface area (Å²) in [4.78, 5) is 23.2. The predicted octanol–water partition coefficient (Wildman–Crippen LogP) is 4.08. The largest absolute Gasteiger partial charge is 0.478 e. The van der Waals surface area contributed by atoms with Crippen LogP contribution in [-0.4, -0.2) is 17.0 Å². The average molecular weight is 311 g/mol. The van der Waals surface area contributed by atoms with Gasteiger partial charge in [0.05, 0.1) is 5.56 Å². The molecule has 1 amide bonds. The molecule has 0 radical (unpaired) electrons. The molecule has 0 fully saturated rings. The zero-order valence-corrected chi connectivity index (χ0v) is 13.4. The van der Waals surface area contributed by atoms with Crippen LogP contribution in [0.15, 0.2) is 48.5 Å². The Hall–Kier alpha value is -2.62. The molecule has 0 saturated carbocycles. The number of hydrogen-bond acceptors (Lipinski definition) is 2. The molecule has 0 aliphatic rings. The Bertz CT molecular complexity index is 690. The maximum Gasteiger partial charge on any atom is 0.335 e. The van der Waals surface area contributed by atoms with Gasteiger partial charge < -0.3 is 10.4 Å². The van der Waals surface area contributed by atoms with E-state index in [0.29, 0.717) is 17.9 Å². The minimum Gasteiger partial charge on any atom is -0.478 e. The van der Waals surface area contributed by atoms with Gasteiger partial charge >= 0.3 is 5.97 Å². The van der Waals surface area contributed by atoms with E-state index in [2.05, 4.69) is 19.2 Å². The monoisotopic (exact) mass is 311 g/mol. The van der Waals surface area contributed by atoms with E-state index in [1.165, 1.54) is 5.56 Å². The lowest BCUT2D eigenvalue weighted by Gasteiger charge is -2.09. The van der Waals surface area contributed by atoms with E-state index in [0.717, 1.165) is 5.69 Å². The van der Waals surface area contributed by atoms with Gasteiger partial charge in [0.2, 0.25) is 5.91 Å². The van der Waals surface area contributed by atoms with Crippen molar-refractivity contribution in [3.05, 3.63) is 65.2 Å². The maximum atomic E-state index is 12.0. The lowest BCUT2D eigenvalue weighted by Crippen LogP contribution is -2.13. The quantitative estimate of drug-likeness (QED) is 0.844. The Morgan fingerprint density at radius 1 is 1.04 bits per heavy atom. The van der Waals surface area contributed by atoms with Gasteiger partial charge in [-0.15, -0.1) is 0 Å². The van der Waals surface area contributed by atoms with Gasteiger partial charge in [0.1, 0.15) is 0 Å². The van der Waals surface area contributed by atoms with Crippen molar-refractivity contribution in [3.8, 4) is 0 Å². The van der Waals surface area contributed by atoms with Crippen LogP contribution < -0.4 is 5.32 Å². The van der Waals surface area contributed by atoms with Gasteiger partial charge in [-0.25, -0.2) is 4.79 Å². The number of carbonyl (C=O) groups is 2. The van der Waals surface area contributed by atoms with E-state index in [1.54, 1.807) is 24.3 Å². The number of carbonyl (C=O) groups excluding carboxylic acids is 1. The minimum absolute atomic E-state index is 0.123. The van der Waals surface area contributed by atoms with E-state index in [4.69, 9.17) is 5.11 Å². The molecule has 0 aromatic heterocycles. The highest BCUT2D eigenvalue weighted by atomic mass is 16.4. The van der Waals surface area contributed by atoms with Crippen molar-refractivity contribution >= 4 is 17.6 Å². The summed E-state index contributed by atoms with van der Waals surface area (Å²) in [5.74, 6) is -0.639. The second-order valence-corrected chi connectivity index (χ2v) is 5.79. The molecule has 0 saturated heterocycles. The second kappa shape index (κ2) is 7.58. The summed E-state index contributed by atoms with van der Waals surface area (Å²) < 4.78 is 0. The number of rotatable bonds is 6. The van der Waals surface area contributed by atoms with E-state index in [-0.39, 0.29) is 17.9 Å². The zero-order chi connectivity index (χ0) is 16.8. The normalized spacial score (nSPS) is 10.6.